The molecule has 1 N–H and O–H groups in total. The van der Waals surface area contributed by atoms with Crippen LogP contribution < -0.4 is 5.32 Å². The fourth-order valence-corrected chi connectivity index (χ4v) is 5.63. The lowest BCUT2D eigenvalue weighted by molar-refractivity contribution is -0.159. The lowest BCUT2D eigenvalue weighted by Crippen LogP contribution is -2.62. The number of rotatable bonds is 2. The van der Waals surface area contributed by atoms with Crippen LogP contribution in [0.3, 0.4) is 0 Å². The summed E-state index contributed by atoms with van der Waals surface area (Å²) in [5.74, 6) is -0.111. The fourth-order valence-electron chi connectivity index (χ4n) is 5.63. The first kappa shape index (κ1) is 16.5. The van der Waals surface area contributed by atoms with Gasteiger partial charge >= 0.3 is 0 Å². The van der Waals surface area contributed by atoms with Gasteiger partial charge in [-0.25, -0.2) is 0 Å². The number of carbonyl (C=O) groups excluding carboxylic acids is 3. The van der Waals surface area contributed by atoms with Crippen LogP contribution in [0.2, 0.25) is 0 Å². The van der Waals surface area contributed by atoms with E-state index in [-0.39, 0.29) is 29.8 Å². The van der Waals surface area contributed by atoms with E-state index in [0.29, 0.717) is 25.8 Å². The summed E-state index contributed by atoms with van der Waals surface area (Å²) in [7, 11) is 0. The van der Waals surface area contributed by atoms with Gasteiger partial charge in [-0.1, -0.05) is 23.8 Å². The van der Waals surface area contributed by atoms with E-state index in [4.69, 9.17) is 0 Å². The Balaban J connectivity index is 1.68. The first-order valence-electron chi connectivity index (χ1n) is 9.63. The molecule has 0 unspecified atom stereocenters. The van der Waals surface area contributed by atoms with E-state index in [1.165, 1.54) is 0 Å². The lowest BCUT2D eigenvalue weighted by atomic mass is 9.72. The van der Waals surface area contributed by atoms with Crippen LogP contribution in [0.4, 0.5) is 5.69 Å². The van der Waals surface area contributed by atoms with E-state index < -0.39 is 11.5 Å². The quantitative estimate of drug-likeness (QED) is 0.813. The third-order valence-electron chi connectivity index (χ3n) is 6.72. The van der Waals surface area contributed by atoms with Gasteiger partial charge in [0.15, 0.2) is 0 Å². The predicted octanol–water partition coefficient (Wildman–Crippen LogP) is 1.82. The Hall–Kier alpha value is -2.63. The smallest absolute Gasteiger partial charge is 0.246 e. The number of para-hydroxylation sites is 1. The summed E-state index contributed by atoms with van der Waals surface area (Å²) in [5.41, 5.74) is 1.71. The Morgan fingerprint density at radius 3 is 2.78 bits per heavy atom. The van der Waals surface area contributed by atoms with Crippen molar-refractivity contribution in [2.24, 2.45) is 0 Å². The molecular formula is C21H23N3O3. The van der Waals surface area contributed by atoms with Crippen molar-refractivity contribution in [1.82, 2.24) is 9.80 Å². The Kier molecular flexibility index (Phi) is 3.33. The van der Waals surface area contributed by atoms with E-state index in [1.54, 1.807) is 9.80 Å². The van der Waals surface area contributed by atoms with Crippen LogP contribution in [-0.2, 0) is 19.8 Å². The number of amides is 3. The van der Waals surface area contributed by atoms with Crippen LogP contribution >= 0.6 is 0 Å². The van der Waals surface area contributed by atoms with E-state index in [2.05, 4.69) is 11.9 Å². The largest absolute Gasteiger partial charge is 0.329 e. The number of piperazine rings is 1. The molecule has 0 radical (unpaired) electrons. The molecule has 1 aromatic rings. The van der Waals surface area contributed by atoms with Crippen LogP contribution in [0, 0.1) is 0 Å². The molecular weight excluding hydrogens is 342 g/mol. The molecule has 4 aliphatic heterocycles. The Labute approximate surface area is 158 Å². The van der Waals surface area contributed by atoms with Crippen molar-refractivity contribution in [3.05, 3.63) is 42.0 Å². The number of nitrogens with zero attached hydrogens (tertiary/aromatic N) is 2. The van der Waals surface area contributed by atoms with Crippen molar-refractivity contribution >= 4 is 23.4 Å². The first-order valence-corrected chi connectivity index (χ1v) is 9.63. The second-order valence-electron chi connectivity index (χ2n) is 8.30. The molecule has 4 aliphatic rings. The second kappa shape index (κ2) is 5.44. The van der Waals surface area contributed by atoms with Crippen LogP contribution in [-0.4, -0.2) is 52.2 Å². The standard InChI is InChI=1S/C21H23N3O3/c1-12(2)10-17-21(13-6-3-4-7-14(13)22-20(21)27)11-16-18(25)23-9-5-8-15(23)19(26)24(16)17/h3-4,6-7,15-17H,1,5,8-11H2,2H3,(H,22,27)/t15-,16-,17-,21+/m0/s1. The van der Waals surface area contributed by atoms with Crippen molar-refractivity contribution < 1.29 is 14.4 Å². The molecule has 3 fully saturated rings. The predicted molar refractivity (Wildman–Crippen MR) is 100.0 cm³/mol. The molecule has 0 aliphatic carbocycles. The van der Waals surface area contributed by atoms with Crippen LogP contribution in [0.1, 0.15) is 38.2 Å². The van der Waals surface area contributed by atoms with Crippen LogP contribution in [0.15, 0.2) is 36.4 Å². The lowest BCUT2D eigenvalue weighted by Gasteiger charge is -2.42. The average molecular weight is 365 g/mol. The topological polar surface area (TPSA) is 69.7 Å². The maximum absolute atomic E-state index is 13.4. The van der Waals surface area contributed by atoms with Gasteiger partial charge < -0.3 is 15.1 Å². The normalized spacial score (nSPS) is 34.0. The molecule has 6 heteroatoms. The minimum absolute atomic E-state index is 0.00197. The zero-order valence-electron chi connectivity index (χ0n) is 15.4. The molecule has 0 aromatic heterocycles. The number of anilines is 1. The highest BCUT2D eigenvalue weighted by atomic mass is 16.2. The third kappa shape index (κ3) is 1.98. The number of hydrogen-bond acceptors (Lipinski definition) is 3. The van der Waals surface area contributed by atoms with E-state index in [1.807, 2.05) is 31.2 Å². The number of benzene rings is 1. The van der Waals surface area contributed by atoms with E-state index in [9.17, 15) is 14.4 Å². The summed E-state index contributed by atoms with van der Waals surface area (Å²) in [6.07, 6.45) is 2.44. The minimum atomic E-state index is -0.884. The molecule has 0 saturated carbocycles. The second-order valence-corrected chi connectivity index (χ2v) is 8.30. The molecule has 4 atom stereocenters. The summed E-state index contributed by atoms with van der Waals surface area (Å²) in [6, 6.07) is 6.34. The van der Waals surface area contributed by atoms with Gasteiger partial charge in [0.2, 0.25) is 17.7 Å². The van der Waals surface area contributed by atoms with Crippen molar-refractivity contribution in [3.8, 4) is 0 Å². The molecule has 0 bridgehead atoms. The van der Waals surface area contributed by atoms with Gasteiger partial charge in [-0.3, -0.25) is 14.4 Å². The highest BCUT2D eigenvalue weighted by molar-refractivity contribution is 6.09. The maximum Gasteiger partial charge on any atom is 0.246 e. The Morgan fingerprint density at radius 2 is 2.00 bits per heavy atom. The molecule has 1 spiro atoms. The summed E-state index contributed by atoms with van der Waals surface area (Å²) >= 11 is 0. The molecule has 1 aromatic carbocycles. The van der Waals surface area contributed by atoms with Gasteiger partial charge in [0.05, 0.1) is 11.5 Å². The Morgan fingerprint density at radius 1 is 1.22 bits per heavy atom. The minimum Gasteiger partial charge on any atom is -0.329 e. The van der Waals surface area contributed by atoms with Crippen molar-refractivity contribution in [1.29, 1.82) is 0 Å². The van der Waals surface area contributed by atoms with Crippen LogP contribution in [0.5, 0.6) is 0 Å². The van der Waals surface area contributed by atoms with Gasteiger partial charge in [-0.15, -0.1) is 6.58 Å². The molecule has 140 valence electrons. The monoisotopic (exact) mass is 365 g/mol. The molecule has 5 rings (SSSR count). The maximum atomic E-state index is 13.4. The van der Waals surface area contributed by atoms with Crippen molar-refractivity contribution in [2.75, 3.05) is 11.9 Å². The average Bonchev–Trinajstić information content (AvgIpc) is 3.31. The molecule has 4 heterocycles. The van der Waals surface area contributed by atoms with Gasteiger partial charge in [-0.05, 0) is 44.2 Å². The fraction of sp³-hybridized carbons (Fsp3) is 0.476. The summed E-state index contributed by atoms with van der Waals surface area (Å²) < 4.78 is 0. The first-order chi connectivity index (χ1) is 12.9. The van der Waals surface area contributed by atoms with Crippen molar-refractivity contribution in [3.63, 3.8) is 0 Å². The summed E-state index contributed by atoms with van der Waals surface area (Å²) in [5, 5.41) is 2.99. The Bertz CT molecular complexity index is 894. The zero-order valence-corrected chi connectivity index (χ0v) is 15.4. The van der Waals surface area contributed by atoms with Gasteiger partial charge in [0.1, 0.15) is 12.1 Å². The van der Waals surface area contributed by atoms with E-state index >= 15 is 0 Å². The molecule has 27 heavy (non-hydrogen) atoms. The van der Waals surface area contributed by atoms with Crippen LogP contribution in [0.25, 0.3) is 0 Å². The zero-order chi connectivity index (χ0) is 18.9. The molecule has 6 nitrogen and oxygen atoms in total. The number of carbonyl (C=O) groups is 3. The number of hydrogen-bond donors (Lipinski definition) is 1. The van der Waals surface area contributed by atoms with Gasteiger partial charge in [0, 0.05) is 12.2 Å². The highest BCUT2D eigenvalue weighted by Crippen LogP contribution is 2.53. The SMILES string of the molecule is C=C(C)C[C@@H]1N2C(=O)[C@@H]3CCCN3C(=O)[C@@H]2C[C@]12C(=O)Nc1ccccc12. The third-order valence-corrected chi connectivity index (χ3v) is 6.72. The van der Waals surface area contributed by atoms with E-state index in [0.717, 1.165) is 23.2 Å². The summed E-state index contributed by atoms with van der Waals surface area (Å²) in [6.45, 7) is 6.59. The van der Waals surface area contributed by atoms with Gasteiger partial charge in [0.25, 0.3) is 0 Å². The van der Waals surface area contributed by atoms with Gasteiger partial charge in [-0.2, -0.15) is 0 Å². The summed E-state index contributed by atoms with van der Waals surface area (Å²) in [4.78, 5) is 43.3. The number of nitrogens with one attached hydrogen (secondary N) is 1. The molecule has 3 saturated heterocycles. The molecule has 3 amide bonds. The highest BCUT2D eigenvalue weighted by Gasteiger charge is 2.66. The van der Waals surface area contributed by atoms with Crippen molar-refractivity contribution in [2.45, 2.75) is 56.1 Å². The number of fused-ring (bicyclic) bond motifs is 4.